The summed E-state index contributed by atoms with van der Waals surface area (Å²) in [6.45, 7) is 4.16. The maximum absolute atomic E-state index is 12.5. The standard InChI is InChI=1S/C16H26N2O3/c19-15-6-3-4-13(15)14-5-1-2-7-18(14)12-16(20)17-8-10-21-11-9-17/h13-14H,1-12H2. The molecule has 0 aromatic carbocycles. The molecule has 3 rings (SSSR count). The van der Waals surface area contributed by atoms with Crippen molar-refractivity contribution in [2.24, 2.45) is 5.92 Å². The van der Waals surface area contributed by atoms with E-state index in [9.17, 15) is 9.59 Å². The summed E-state index contributed by atoms with van der Waals surface area (Å²) in [7, 11) is 0. The van der Waals surface area contributed by atoms with Gasteiger partial charge in [0.05, 0.1) is 19.8 Å². The van der Waals surface area contributed by atoms with Gasteiger partial charge in [-0.25, -0.2) is 0 Å². The molecule has 3 fully saturated rings. The quantitative estimate of drug-likeness (QED) is 0.781. The Labute approximate surface area is 126 Å². The van der Waals surface area contributed by atoms with Crippen molar-refractivity contribution < 1.29 is 14.3 Å². The minimum atomic E-state index is 0.183. The van der Waals surface area contributed by atoms with E-state index in [2.05, 4.69) is 4.90 Å². The number of likely N-dealkylation sites (tertiary alicyclic amines) is 1. The number of piperidine rings is 1. The lowest BCUT2D eigenvalue weighted by molar-refractivity contribution is -0.138. The second kappa shape index (κ2) is 6.88. The van der Waals surface area contributed by atoms with E-state index < -0.39 is 0 Å². The van der Waals surface area contributed by atoms with Crippen LogP contribution in [0.25, 0.3) is 0 Å². The molecule has 0 N–H and O–H groups in total. The van der Waals surface area contributed by atoms with E-state index in [0.29, 0.717) is 44.7 Å². The summed E-state index contributed by atoms with van der Waals surface area (Å²) < 4.78 is 5.30. The van der Waals surface area contributed by atoms with Gasteiger partial charge in [-0.2, -0.15) is 0 Å². The summed E-state index contributed by atoms with van der Waals surface area (Å²) in [6.07, 6.45) is 6.21. The van der Waals surface area contributed by atoms with Crippen molar-refractivity contribution in [3.63, 3.8) is 0 Å². The highest BCUT2D eigenvalue weighted by Gasteiger charge is 2.37. The predicted octanol–water partition coefficient (Wildman–Crippen LogP) is 1.07. The van der Waals surface area contributed by atoms with Crippen molar-refractivity contribution in [1.29, 1.82) is 0 Å². The zero-order valence-electron chi connectivity index (χ0n) is 12.8. The highest BCUT2D eigenvalue weighted by molar-refractivity contribution is 5.84. The Bertz CT molecular complexity index is 393. The van der Waals surface area contributed by atoms with E-state index >= 15 is 0 Å². The summed E-state index contributed by atoms with van der Waals surface area (Å²) >= 11 is 0. The molecule has 0 spiro atoms. The Morgan fingerprint density at radius 3 is 2.62 bits per heavy atom. The van der Waals surface area contributed by atoms with Gasteiger partial charge < -0.3 is 9.64 Å². The summed E-state index contributed by atoms with van der Waals surface area (Å²) in [5.41, 5.74) is 0. The van der Waals surface area contributed by atoms with Crippen molar-refractivity contribution in [3.8, 4) is 0 Å². The van der Waals surface area contributed by atoms with Crippen LogP contribution in [0.2, 0.25) is 0 Å². The van der Waals surface area contributed by atoms with E-state index in [4.69, 9.17) is 4.74 Å². The van der Waals surface area contributed by atoms with Crippen LogP contribution < -0.4 is 0 Å². The molecular weight excluding hydrogens is 268 g/mol. The third-order valence-corrected chi connectivity index (χ3v) is 5.18. The second-order valence-electron chi connectivity index (χ2n) is 6.49. The lowest BCUT2D eigenvalue weighted by Gasteiger charge is -2.39. The average molecular weight is 294 g/mol. The SMILES string of the molecule is O=C1CCCC1C1CCCCN1CC(=O)N1CCOCC1. The van der Waals surface area contributed by atoms with Crippen LogP contribution in [0.4, 0.5) is 0 Å². The molecule has 5 nitrogen and oxygen atoms in total. The van der Waals surface area contributed by atoms with Gasteiger partial charge in [0.25, 0.3) is 0 Å². The zero-order chi connectivity index (χ0) is 14.7. The molecule has 5 heteroatoms. The number of Topliss-reactive ketones (excluding diaryl/α,β-unsaturated/α-hetero) is 1. The van der Waals surface area contributed by atoms with Gasteiger partial charge >= 0.3 is 0 Å². The average Bonchev–Trinajstić information content (AvgIpc) is 2.95. The highest BCUT2D eigenvalue weighted by Crippen LogP contribution is 2.32. The summed E-state index contributed by atoms with van der Waals surface area (Å²) in [5.74, 6) is 0.809. The van der Waals surface area contributed by atoms with E-state index in [1.165, 1.54) is 6.42 Å². The molecular formula is C16H26N2O3. The molecule has 1 aliphatic carbocycles. The Kier molecular flexibility index (Phi) is 4.91. The molecule has 21 heavy (non-hydrogen) atoms. The highest BCUT2D eigenvalue weighted by atomic mass is 16.5. The number of carbonyl (C=O) groups is 2. The van der Waals surface area contributed by atoms with Crippen LogP contribution in [0.3, 0.4) is 0 Å². The van der Waals surface area contributed by atoms with Gasteiger partial charge in [-0.3, -0.25) is 14.5 Å². The Morgan fingerprint density at radius 1 is 1.10 bits per heavy atom. The van der Waals surface area contributed by atoms with Crippen molar-refractivity contribution >= 4 is 11.7 Å². The largest absolute Gasteiger partial charge is 0.378 e. The first kappa shape index (κ1) is 15.0. The molecule has 2 atom stereocenters. The third-order valence-electron chi connectivity index (χ3n) is 5.18. The molecule has 2 saturated heterocycles. The van der Waals surface area contributed by atoms with Crippen LogP contribution in [0.1, 0.15) is 38.5 Å². The lowest BCUT2D eigenvalue weighted by Crippen LogP contribution is -2.51. The Morgan fingerprint density at radius 2 is 1.90 bits per heavy atom. The van der Waals surface area contributed by atoms with Gasteiger partial charge in [0.2, 0.25) is 5.91 Å². The van der Waals surface area contributed by atoms with Gasteiger partial charge in [0, 0.05) is 31.5 Å². The smallest absolute Gasteiger partial charge is 0.236 e. The Balaban J connectivity index is 1.61. The van der Waals surface area contributed by atoms with Gasteiger partial charge in [0.15, 0.2) is 0 Å². The number of amides is 1. The number of ether oxygens (including phenoxy) is 1. The minimum absolute atomic E-state index is 0.183. The van der Waals surface area contributed by atoms with Crippen LogP contribution in [-0.2, 0) is 14.3 Å². The number of rotatable bonds is 3. The number of morpholine rings is 1. The number of hydrogen-bond donors (Lipinski definition) is 0. The van der Waals surface area contributed by atoms with Crippen LogP contribution in [-0.4, -0.2) is 66.9 Å². The number of nitrogens with zero attached hydrogens (tertiary/aromatic N) is 2. The first-order chi connectivity index (χ1) is 10.3. The maximum atomic E-state index is 12.5. The molecule has 1 amide bonds. The lowest BCUT2D eigenvalue weighted by atomic mass is 9.88. The van der Waals surface area contributed by atoms with E-state index in [0.717, 1.165) is 38.6 Å². The monoisotopic (exact) mass is 294 g/mol. The summed E-state index contributed by atoms with van der Waals surface area (Å²) in [5, 5.41) is 0. The van der Waals surface area contributed by atoms with Crippen molar-refractivity contribution in [2.75, 3.05) is 39.4 Å². The van der Waals surface area contributed by atoms with Crippen LogP contribution in [0.15, 0.2) is 0 Å². The van der Waals surface area contributed by atoms with Gasteiger partial charge in [-0.05, 0) is 32.2 Å². The normalized spacial score (nSPS) is 31.6. The molecule has 118 valence electrons. The summed E-state index contributed by atoms with van der Waals surface area (Å²) in [4.78, 5) is 28.7. The molecule has 2 aliphatic heterocycles. The second-order valence-corrected chi connectivity index (χ2v) is 6.49. The number of ketones is 1. The molecule has 0 aromatic rings. The van der Waals surface area contributed by atoms with E-state index in [1.54, 1.807) is 0 Å². The fraction of sp³-hybridized carbons (Fsp3) is 0.875. The third kappa shape index (κ3) is 3.46. The van der Waals surface area contributed by atoms with E-state index in [1.807, 2.05) is 4.90 Å². The molecule has 3 aliphatic rings. The van der Waals surface area contributed by atoms with Crippen molar-refractivity contribution in [2.45, 2.75) is 44.6 Å². The van der Waals surface area contributed by atoms with Gasteiger partial charge in [-0.15, -0.1) is 0 Å². The molecule has 1 saturated carbocycles. The summed E-state index contributed by atoms with van der Waals surface area (Å²) in [6, 6.07) is 0.304. The van der Waals surface area contributed by atoms with E-state index in [-0.39, 0.29) is 11.8 Å². The molecule has 2 unspecified atom stereocenters. The topological polar surface area (TPSA) is 49.9 Å². The minimum Gasteiger partial charge on any atom is -0.378 e. The zero-order valence-corrected chi connectivity index (χ0v) is 12.8. The first-order valence-electron chi connectivity index (χ1n) is 8.38. The molecule has 2 heterocycles. The number of hydrogen-bond acceptors (Lipinski definition) is 4. The molecule has 0 bridgehead atoms. The fourth-order valence-electron chi connectivity index (χ4n) is 4.00. The van der Waals surface area contributed by atoms with Crippen molar-refractivity contribution in [3.05, 3.63) is 0 Å². The molecule has 0 aromatic heterocycles. The van der Waals surface area contributed by atoms with Gasteiger partial charge in [-0.1, -0.05) is 6.42 Å². The Hall–Kier alpha value is -0.940. The fourth-order valence-corrected chi connectivity index (χ4v) is 4.00. The van der Waals surface area contributed by atoms with Crippen LogP contribution >= 0.6 is 0 Å². The van der Waals surface area contributed by atoms with Crippen LogP contribution in [0, 0.1) is 5.92 Å². The molecule has 0 radical (unpaired) electrons. The first-order valence-corrected chi connectivity index (χ1v) is 8.38. The predicted molar refractivity (Wildman–Crippen MR) is 79.0 cm³/mol. The van der Waals surface area contributed by atoms with Crippen molar-refractivity contribution in [1.82, 2.24) is 9.80 Å². The number of carbonyl (C=O) groups excluding carboxylic acids is 2. The maximum Gasteiger partial charge on any atom is 0.236 e. The van der Waals surface area contributed by atoms with Gasteiger partial charge in [0.1, 0.15) is 5.78 Å². The van der Waals surface area contributed by atoms with Crippen LogP contribution in [0.5, 0.6) is 0 Å².